The van der Waals surface area contributed by atoms with Gasteiger partial charge in [-0.05, 0) is 29.9 Å². The van der Waals surface area contributed by atoms with Gasteiger partial charge in [0, 0.05) is 28.5 Å². The van der Waals surface area contributed by atoms with Gasteiger partial charge in [-0.3, -0.25) is 0 Å². The quantitative estimate of drug-likeness (QED) is 0.520. The lowest BCUT2D eigenvalue weighted by molar-refractivity contribution is -0.192. The van der Waals surface area contributed by atoms with E-state index in [2.05, 4.69) is 37.8 Å². The summed E-state index contributed by atoms with van der Waals surface area (Å²) in [6.07, 6.45) is -2.62. The highest BCUT2D eigenvalue weighted by Gasteiger charge is 2.38. The first-order chi connectivity index (χ1) is 7.38. The molecule has 0 aromatic carbocycles. The molecule has 1 rings (SSSR count). The second-order valence-electron chi connectivity index (χ2n) is 3.07. The van der Waals surface area contributed by atoms with Crippen molar-refractivity contribution in [2.45, 2.75) is 19.0 Å². The van der Waals surface area contributed by atoms with E-state index in [9.17, 15) is 13.2 Å². The SMILES string of the molecule is IC#CC1CCNCC1.O=C(O)C(F)(F)F. The second-order valence-corrected chi connectivity index (χ2v) is 3.61. The van der Waals surface area contributed by atoms with Crippen LogP contribution >= 0.6 is 22.6 Å². The van der Waals surface area contributed by atoms with Gasteiger partial charge in [-0.2, -0.15) is 13.2 Å². The minimum Gasteiger partial charge on any atom is -0.475 e. The first kappa shape index (κ1) is 15.5. The highest BCUT2D eigenvalue weighted by molar-refractivity contribution is 14.1. The number of hydrogen-bond acceptors (Lipinski definition) is 2. The van der Waals surface area contributed by atoms with E-state index in [4.69, 9.17) is 9.90 Å². The maximum absolute atomic E-state index is 10.6. The van der Waals surface area contributed by atoms with Gasteiger partial charge in [0.05, 0.1) is 0 Å². The Morgan fingerprint density at radius 1 is 1.38 bits per heavy atom. The van der Waals surface area contributed by atoms with Crippen molar-refractivity contribution in [1.82, 2.24) is 5.32 Å². The first-order valence-electron chi connectivity index (χ1n) is 4.50. The minimum absolute atomic E-state index is 0.670. The Balaban J connectivity index is 0.000000293. The molecule has 0 bridgehead atoms. The van der Waals surface area contributed by atoms with Crippen molar-refractivity contribution in [3.8, 4) is 9.85 Å². The Bertz CT molecular complexity index is 277. The Labute approximate surface area is 105 Å². The molecule has 0 radical (unpaired) electrons. The number of rotatable bonds is 0. The molecule has 2 N–H and O–H groups in total. The van der Waals surface area contributed by atoms with Crippen LogP contribution in [0, 0.1) is 15.8 Å². The summed E-state index contributed by atoms with van der Waals surface area (Å²) in [6, 6.07) is 0. The van der Waals surface area contributed by atoms with Crippen LogP contribution in [0.4, 0.5) is 13.2 Å². The summed E-state index contributed by atoms with van der Waals surface area (Å²) in [7, 11) is 0. The fourth-order valence-electron chi connectivity index (χ4n) is 1.04. The Morgan fingerprint density at radius 2 is 1.81 bits per heavy atom. The van der Waals surface area contributed by atoms with Crippen LogP contribution in [0.15, 0.2) is 0 Å². The van der Waals surface area contributed by atoms with Crippen LogP contribution < -0.4 is 5.32 Å². The Kier molecular flexibility index (Phi) is 7.49. The van der Waals surface area contributed by atoms with Gasteiger partial charge in [-0.15, -0.1) is 0 Å². The molecular formula is C9H11F3INO2. The fourth-order valence-corrected chi connectivity index (χ4v) is 1.48. The van der Waals surface area contributed by atoms with Gasteiger partial charge >= 0.3 is 12.1 Å². The molecule has 0 aromatic heterocycles. The zero-order chi connectivity index (χ0) is 12.6. The number of carbonyl (C=O) groups is 1. The number of piperidine rings is 1. The van der Waals surface area contributed by atoms with Crippen LogP contribution in [-0.4, -0.2) is 30.3 Å². The third-order valence-corrected chi connectivity index (χ3v) is 2.15. The van der Waals surface area contributed by atoms with Crippen LogP contribution in [0.3, 0.4) is 0 Å². The van der Waals surface area contributed by atoms with E-state index in [1.165, 1.54) is 12.8 Å². The Hall–Kier alpha value is -0.490. The molecule has 1 aliphatic heterocycles. The summed E-state index contributed by atoms with van der Waals surface area (Å²) in [5.41, 5.74) is 0. The molecule has 0 amide bonds. The zero-order valence-electron chi connectivity index (χ0n) is 8.27. The maximum atomic E-state index is 10.6. The molecular weight excluding hydrogens is 338 g/mol. The van der Waals surface area contributed by atoms with Gasteiger partial charge in [0.15, 0.2) is 0 Å². The van der Waals surface area contributed by atoms with E-state index >= 15 is 0 Å². The first-order valence-corrected chi connectivity index (χ1v) is 5.57. The number of nitrogens with one attached hydrogen (secondary N) is 1. The van der Waals surface area contributed by atoms with Crippen molar-refractivity contribution in [2.24, 2.45) is 5.92 Å². The largest absolute Gasteiger partial charge is 0.490 e. The average Bonchev–Trinajstić information content (AvgIpc) is 2.19. The molecule has 1 fully saturated rings. The Morgan fingerprint density at radius 3 is 2.12 bits per heavy atom. The summed E-state index contributed by atoms with van der Waals surface area (Å²) in [4.78, 5) is 8.90. The standard InChI is InChI=1S/C7H10IN.C2HF3O2/c8-4-1-7-2-5-9-6-3-7;3-2(4,5)1(6)7/h7,9H,2-3,5-6H2;(H,6,7). The molecule has 0 aromatic rings. The van der Waals surface area contributed by atoms with E-state index < -0.39 is 12.1 Å². The molecule has 7 heteroatoms. The van der Waals surface area contributed by atoms with Crippen molar-refractivity contribution < 1.29 is 23.1 Å². The predicted octanol–water partition coefficient (Wildman–Crippen LogP) is 2.02. The molecule has 1 heterocycles. The van der Waals surface area contributed by atoms with Crippen molar-refractivity contribution in [3.05, 3.63) is 0 Å². The summed E-state index contributed by atoms with van der Waals surface area (Å²) in [5.74, 6) is 1.09. The molecule has 16 heavy (non-hydrogen) atoms. The number of halogens is 4. The third-order valence-electron chi connectivity index (χ3n) is 1.84. The van der Waals surface area contributed by atoms with Gasteiger partial charge in [-0.25, -0.2) is 4.79 Å². The molecule has 0 unspecified atom stereocenters. The number of hydrogen-bond donors (Lipinski definition) is 2. The van der Waals surface area contributed by atoms with Crippen molar-refractivity contribution in [3.63, 3.8) is 0 Å². The monoisotopic (exact) mass is 349 g/mol. The lowest BCUT2D eigenvalue weighted by Gasteiger charge is -2.16. The summed E-state index contributed by atoms with van der Waals surface area (Å²) >= 11 is 2.11. The lowest BCUT2D eigenvalue weighted by Crippen LogP contribution is -2.26. The van der Waals surface area contributed by atoms with Gasteiger partial charge in [0.2, 0.25) is 0 Å². The smallest absolute Gasteiger partial charge is 0.475 e. The average molecular weight is 349 g/mol. The highest BCUT2D eigenvalue weighted by Crippen LogP contribution is 2.13. The van der Waals surface area contributed by atoms with Crippen molar-refractivity contribution in [2.75, 3.05) is 13.1 Å². The highest BCUT2D eigenvalue weighted by atomic mass is 127. The normalized spacial score (nSPS) is 16.5. The third kappa shape index (κ3) is 7.76. The number of carboxylic acid groups (broad SMARTS) is 1. The predicted molar refractivity (Wildman–Crippen MR) is 61.1 cm³/mol. The van der Waals surface area contributed by atoms with E-state index in [0.717, 1.165) is 13.1 Å². The van der Waals surface area contributed by atoms with Gasteiger partial charge in [0.25, 0.3) is 0 Å². The number of aliphatic carboxylic acids is 1. The van der Waals surface area contributed by atoms with E-state index in [-0.39, 0.29) is 0 Å². The van der Waals surface area contributed by atoms with Crippen LogP contribution in [-0.2, 0) is 4.79 Å². The van der Waals surface area contributed by atoms with Gasteiger partial charge in [-0.1, -0.05) is 5.92 Å². The minimum atomic E-state index is -5.08. The van der Waals surface area contributed by atoms with Crippen LogP contribution in [0.5, 0.6) is 0 Å². The summed E-state index contributed by atoms with van der Waals surface area (Å²) < 4.78 is 34.7. The van der Waals surface area contributed by atoms with Crippen LogP contribution in [0.2, 0.25) is 0 Å². The lowest BCUT2D eigenvalue weighted by atomic mass is 10.00. The molecule has 0 atom stereocenters. The summed E-state index contributed by atoms with van der Waals surface area (Å²) in [5, 5.41) is 10.4. The van der Waals surface area contributed by atoms with Gasteiger partial charge in [0.1, 0.15) is 0 Å². The molecule has 1 saturated heterocycles. The molecule has 0 saturated carbocycles. The number of alkyl halides is 3. The van der Waals surface area contributed by atoms with Crippen LogP contribution in [0.1, 0.15) is 12.8 Å². The molecule has 0 spiro atoms. The zero-order valence-corrected chi connectivity index (χ0v) is 10.4. The van der Waals surface area contributed by atoms with E-state index in [0.29, 0.717) is 5.92 Å². The molecule has 3 nitrogen and oxygen atoms in total. The summed E-state index contributed by atoms with van der Waals surface area (Å²) in [6.45, 7) is 2.30. The van der Waals surface area contributed by atoms with Crippen LogP contribution in [0.25, 0.3) is 0 Å². The van der Waals surface area contributed by atoms with Crippen molar-refractivity contribution in [1.29, 1.82) is 0 Å². The molecule has 0 aliphatic carbocycles. The fraction of sp³-hybridized carbons (Fsp3) is 0.667. The van der Waals surface area contributed by atoms with Gasteiger partial charge < -0.3 is 10.4 Å². The van der Waals surface area contributed by atoms with Crippen molar-refractivity contribution >= 4 is 28.6 Å². The molecule has 1 aliphatic rings. The van der Waals surface area contributed by atoms with E-state index in [1.54, 1.807) is 0 Å². The number of carboxylic acids is 1. The maximum Gasteiger partial charge on any atom is 0.490 e. The topological polar surface area (TPSA) is 49.3 Å². The van der Waals surface area contributed by atoms with E-state index in [1.807, 2.05) is 0 Å². The second kappa shape index (κ2) is 7.73. The molecule has 92 valence electrons.